The highest BCUT2D eigenvalue weighted by atomic mass is 19.1. The van der Waals surface area contributed by atoms with E-state index in [0.717, 1.165) is 11.1 Å². The Bertz CT molecular complexity index is 1240. The van der Waals surface area contributed by atoms with Crippen molar-refractivity contribution in [3.8, 4) is 22.4 Å². The fourth-order valence-electron chi connectivity index (χ4n) is 3.25. The molecule has 0 saturated carbocycles. The number of hydrogen-bond acceptors (Lipinski definition) is 5. The van der Waals surface area contributed by atoms with Crippen molar-refractivity contribution in [2.45, 2.75) is 20.0 Å². The number of hydrogen-bond donors (Lipinski definition) is 4. The fourth-order valence-corrected chi connectivity index (χ4v) is 3.25. The van der Waals surface area contributed by atoms with E-state index in [1.165, 1.54) is 18.3 Å². The molecule has 3 aromatic heterocycles. The Labute approximate surface area is 177 Å². The molecule has 0 bridgehead atoms. The molecule has 3 heterocycles. The van der Waals surface area contributed by atoms with Crippen LogP contribution in [-0.2, 0) is 0 Å². The van der Waals surface area contributed by atoms with Crippen molar-refractivity contribution in [2.24, 2.45) is 0 Å². The summed E-state index contributed by atoms with van der Waals surface area (Å²) in [6, 6.07) is 9.63. The number of halogens is 1. The molecule has 4 aromatic rings. The molecule has 2 amide bonds. The summed E-state index contributed by atoms with van der Waals surface area (Å²) >= 11 is 0. The minimum absolute atomic E-state index is 0.163. The largest absolute Gasteiger partial charge is 0.387 e. The first-order valence-corrected chi connectivity index (χ1v) is 9.80. The van der Waals surface area contributed by atoms with Crippen molar-refractivity contribution in [1.82, 2.24) is 25.3 Å². The van der Waals surface area contributed by atoms with Gasteiger partial charge in [0.15, 0.2) is 0 Å². The molecule has 0 aliphatic carbocycles. The lowest BCUT2D eigenvalue weighted by Crippen LogP contribution is -2.28. The molecule has 4 N–H and O–H groups in total. The Kier molecular flexibility index (Phi) is 5.59. The van der Waals surface area contributed by atoms with E-state index in [2.05, 4.69) is 30.6 Å². The van der Waals surface area contributed by atoms with Gasteiger partial charge in [-0.25, -0.2) is 14.2 Å². The molecule has 0 aliphatic rings. The van der Waals surface area contributed by atoms with Gasteiger partial charge < -0.3 is 15.4 Å². The summed E-state index contributed by atoms with van der Waals surface area (Å²) in [4.78, 5) is 27.9. The van der Waals surface area contributed by atoms with Crippen molar-refractivity contribution in [3.63, 3.8) is 0 Å². The van der Waals surface area contributed by atoms with Gasteiger partial charge in [-0.05, 0) is 49.7 Å². The number of aliphatic hydroxyl groups is 1. The minimum atomic E-state index is -0.677. The molecule has 158 valence electrons. The van der Waals surface area contributed by atoms with Crippen LogP contribution in [0.5, 0.6) is 0 Å². The number of amides is 2. The SMILES string of the molecule is CCNC(=O)Nc1nc2cc(-c3ccc([C@@H](C)O)nc3)cc(-c3ncccc3F)c2[nH]1. The van der Waals surface area contributed by atoms with Crippen LogP contribution >= 0.6 is 0 Å². The lowest BCUT2D eigenvalue weighted by atomic mass is 10.0. The zero-order chi connectivity index (χ0) is 22.0. The summed E-state index contributed by atoms with van der Waals surface area (Å²) in [5.74, 6) is -0.241. The predicted octanol–water partition coefficient (Wildman–Crippen LogP) is 4.02. The average Bonchev–Trinajstić information content (AvgIpc) is 3.16. The monoisotopic (exact) mass is 420 g/mol. The van der Waals surface area contributed by atoms with Crippen molar-refractivity contribution < 1.29 is 14.3 Å². The van der Waals surface area contributed by atoms with Crippen molar-refractivity contribution in [3.05, 3.63) is 60.3 Å². The quantitative estimate of drug-likeness (QED) is 0.389. The number of imidazole rings is 1. The number of benzene rings is 1. The molecule has 0 spiro atoms. The second kappa shape index (κ2) is 8.49. The summed E-state index contributed by atoms with van der Waals surface area (Å²) in [5.41, 5.74) is 3.80. The predicted molar refractivity (Wildman–Crippen MR) is 116 cm³/mol. The number of nitrogens with one attached hydrogen (secondary N) is 3. The molecule has 4 rings (SSSR count). The molecule has 0 radical (unpaired) electrons. The Balaban J connectivity index is 1.86. The second-order valence-corrected chi connectivity index (χ2v) is 6.97. The van der Waals surface area contributed by atoms with Crippen molar-refractivity contribution >= 4 is 23.0 Å². The summed E-state index contributed by atoms with van der Waals surface area (Å²) < 4.78 is 14.6. The van der Waals surface area contributed by atoms with Gasteiger partial charge in [-0.2, -0.15) is 0 Å². The zero-order valence-corrected chi connectivity index (χ0v) is 17.0. The smallest absolute Gasteiger partial charge is 0.321 e. The van der Waals surface area contributed by atoms with E-state index in [-0.39, 0.29) is 11.6 Å². The number of pyridine rings is 2. The van der Waals surface area contributed by atoms with Gasteiger partial charge in [0.1, 0.15) is 11.5 Å². The first kappa shape index (κ1) is 20.4. The zero-order valence-electron chi connectivity index (χ0n) is 17.0. The molecular formula is C22H21FN6O2. The summed E-state index contributed by atoms with van der Waals surface area (Å²) in [6.07, 6.45) is 2.48. The van der Waals surface area contributed by atoms with Crippen molar-refractivity contribution in [2.75, 3.05) is 11.9 Å². The number of carbonyl (C=O) groups excluding carboxylic acids is 1. The number of aromatic amines is 1. The molecule has 9 heteroatoms. The number of fused-ring (bicyclic) bond motifs is 1. The van der Waals surface area contributed by atoms with Crippen LogP contribution in [0.4, 0.5) is 15.1 Å². The van der Waals surface area contributed by atoms with Gasteiger partial charge in [-0.15, -0.1) is 0 Å². The van der Waals surface area contributed by atoms with E-state index in [1.807, 2.05) is 19.1 Å². The Hall–Kier alpha value is -3.85. The molecule has 0 saturated heterocycles. The van der Waals surface area contributed by atoms with Gasteiger partial charge in [-0.3, -0.25) is 15.3 Å². The Morgan fingerprint density at radius 1 is 1.23 bits per heavy atom. The van der Waals surface area contributed by atoms with Crippen molar-refractivity contribution in [1.29, 1.82) is 0 Å². The van der Waals surface area contributed by atoms with E-state index in [4.69, 9.17) is 0 Å². The maximum absolute atomic E-state index is 14.6. The van der Waals surface area contributed by atoms with Crippen LogP contribution in [-0.4, -0.2) is 37.6 Å². The number of aromatic nitrogens is 4. The number of urea groups is 1. The third-order valence-corrected chi connectivity index (χ3v) is 4.72. The van der Waals surface area contributed by atoms with E-state index < -0.39 is 18.0 Å². The van der Waals surface area contributed by atoms with Crippen LogP contribution in [0, 0.1) is 5.82 Å². The highest BCUT2D eigenvalue weighted by molar-refractivity contribution is 5.98. The highest BCUT2D eigenvalue weighted by Crippen LogP contribution is 2.34. The maximum Gasteiger partial charge on any atom is 0.321 e. The lowest BCUT2D eigenvalue weighted by molar-refractivity contribution is 0.194. The van der Waals surface area contributed by atoms with Crippen LogP contribution in [0.15, 0.2) is 48.8 Å². The molecule has 1 atom stereocenters. The van der Waals surface area contributed by atoms with E-state index >= 15 is 0 Å². The van der Waals surface area contributed by atoms with Crippen LogP contribution in [0.25, 0.3) is 33.4 Å². The number of aliphatic hydroxyl groups excluding tert-OH is 1. The Morgan fingerprint density at radius 3 is 2.74 bits per heavy atom. The van der Waals surface area contributed by atoms with E-state index in [9.17, 15) is 14.3 Å². The van der Waals surface area contributed by atoms with E-state index in [0.29, 0.717) is 28.8 Å². The van der Waals surface area contributed by atoms with Crippen LogP contribution in [0.3, 0.4) is 0 Å². The van der Waals surface area contributed by atoms with Crippen LogP contribution < -0.4 is 10.6 Å². The van der Waals surface area contributed by atoms with Gasteiger partial charge in [-0.1, -0.05) is 6.07 Å². The number of carbonyl (C=O) groups is 1. The standard InChI is InChI=1S/C22H21FN6O2/c1-3-24-22(31)29-21-27-18-10-14(13-6-7-17(12(2)30)26-11-13)9-15(20(18)28-21)19-16(23)5-4-8-25-19/h4-12,30H,3H2,1-2H3,(H3,24,27,28,29,31)/t12-/m1/s1. The number of H-pyrrole nitrogens is 1. The average molecular weight is 420 g/mol. The number of anilines is 1. The summed E-state index contributed by atoms with van der Waals surface area (Å²) in [7, 11) is 0. The molecule has 0 unspecified atom stereocenters. The van der Waals surface area contributed by atoms with E-state index in [1.54, 1.807) is 25.3 Å². The molecular weight excluding hydrogens is 399 g/mol. The maximum atomic E-state index is 14.6. The first-order valence-electron chi connectivity index (χ1n) is 9.80. The second-order valence-electron chi connectivity index (χ2n) is 6.97. The Morgan fingerprint density at radius 2 is 2.06 bits per heavy atom. The molecule has 0 aliphatic heterocycles. The summed E-state index contributed by atoms with van der Waals surface area (Å²) in [6.45, 7) is 3.92. The molecule has 31 heavy (non-hydrogen) atoms. The summed E-state index contributed by atoms with van der Waals surface area (Å²) in [5, 5.41) is 15.0. The highest BCUT2D eigenvalue weighted by Gasteiger charge is 2.17. The van der Waals surface area contributed by atoms with Gasteiger partial charge >= 0.3 is 6.03 Å². The topological polar surface area (TPSA) is 116 Å². The number of nitrogens with zero attached hydrogens (tertiary/aromatic N) is 3. The van der Waals surface area contributed by atoms with Gasteiger partial charge in [0.05, 0.1) is 22.8 Å². The van der Waals surface area contributed by atoms with Gasteiger partial charge in [0.2, 0.25) is 5.95 Å². The fraction of sp³-hybridized carbons (Fsp3) is 0.182. The van der Waals surface area contributed by atoms with Gasteiger partial charge in [0.25, 0.3) is 0 Å². The number of rotatable bonds is 5. The van der Waals surface area contributed by atoms with Crippen LogP contribution in [0.2, 0.25) is 0 Å². The lowest BCUT2D eigenvalue weighted by Gasteiger charge is -2.09. The molecule has 1 aromatic carbocycles. The van der Waals surface area contributed by atoms with Crippen LogP contribution in [0.1, 0.15) is 25.6 Å². The molecule has 0 fully saturated rings. The van der Waals surface area contributed by atoms with Gasteiger partial charge in [0, 0.05) is 30.1 Å². The third kappa shape index (κ3) is 4.22. The first-order chi connectivity index (χ1) is 15.0. The third-order valence-electron chi connectivity index (χ3n) is 4.72. The normalized spacial score (nSPS) is 12.0. The molecule has 8 nitrogen and oxygen atoms in total. The minimum Gasteiger partial charge on any atom is -0.387 e.